The summed E-state index contributed by atoms with van der Waals surface area (Å²) >= 11 is 7.80. The van der Waals surface area contributed by atoms with Crippen molar-refractivity contribution < 1.29 is 0 Å². The van der Waals surface area contributed by atoms with Gasteiger partial charge < -0.3 is 5.73 Å². The van der Waals surface area contributed by atoms with Crippen molar-refractivity contribution in [3.05, 3.63) is 57.2 Å². The van der Waals surface area contributed by atoms with Gasteiger partial charge in [0.25, 0.3) is 0 Å². The lowest BCUT2D eigenvalue weighted by atomic mass is 9.94. The monoisotopic (exact) mass is 251 g/mol. The molecule has 16 heavy (non-hydrogen) atoms. The molecule has 1 aromatic heterocycles. The van der Waals surface area contributed by atoms with E-state index >= 15 is 0 Å². The van der Waals surface area contributed by atoms with Crippen LogP contribution in [0.4, 0.5) is 0 Å². The lowest BCUT2D eigenvalue weighted by Crippen LogP contribution is -2.07. The van der Waals surface area contributed by atoms with Crippen molar-refractivity contribution in [3.8, 4) is 0 Å². The molecular weight excluding hydrogens is 238 g/mol. The van der Waals surface area contributed by atoms with Gasteiger partial charge >= 0.3 is 0 Å². The maximum Gasteiger partial charge on any atom is 0.0408 e. The van der Waals surface area contributed by atoms with Crippen LogP contribution in [0.2, 0.25) is 5.02 Å². The molecule has 0 amide bonds. The first-order valence-corrected chi connectivity index (χ1v) is 6.56. The van der Waals surface area contributed by atoms with Gasteiger partial charge in [-0.2, -0.15) is 0 Å². The summed E-state index contributed by atoms with van der Waals surface area (Å²) in [4.78, 5) is 1.35. The van der Waals surface area contributed by atoms with Crippen LogP contribution >= 0.6 is 22.9 Å². The van der Waals surface area contributed by atoms with Gasteiger partial charge in [-0.1, -0.05) is 29.8 Å². The first-order chi connectivity index (χ1) is 7.81. The molecule has 2 rings (SSSR count). The number of benzene rings is 1. The van der Waals surface area contributed by atoms with Crippen LogP contribution in [-0.4, -0.2) is 6.54 Å². The van der Waals surface area contributed by atoms with Crippen molar-refractivity contribution in [3.63, 3.8) is 0 Å². The summed E-state index contributed by atoms with van der Waals surface area (Å²) in [5, 5.41) is 2.89. The van der Waals surface area contributed by atoms with Crippen LogP contribution in [-0.2, 0) is 0 Å². The molecule has 0 saturated carbocycles. The zero-order valence-corrected chi connectivity index (χ0v) is 10.5. The second kappa shape index (κ2) is 5.48. The number of halogens is 1. The summed E-state index contributed by atoms with van der Waals surface area (Å²) in [6.45, 7) is 0.690. The molecular formula is C13H14ClNS. The zero-order valence-electron chi connectivity index (χ0n) is 8.90. The third kappa shape index (κ3) is 2.64. The largest absolute Gasteiger partial charge is 0.330 e. The summed E-state index contributed by atoms with van der Waals surface area (Å²) in [6, 6.07) is 12.3. The van der Waals surface area contributed by atoms with Crippen molar-refractivity contribution in [2.24, 2.45) is 5.73 Å². The van der Waals surface area contributed by atoms with Crippen LogP contribution in [0.1, 0.15) is 22.8 Å². The first kappa shape index (κ1) is 11.6. The van der Waals surface area contributed by atoms with Crippen LogP contribution in [0, 0.1) is 0 Å². The summed E-state index contributed by atoms with van der Waals surface area (Å²) in [5.41, 5.74) is 6.93. The molecule has 1 unspecified atom stereocenters. The molecule has 1 heterocycles. The predicted molar refractivity (Wildman–Crippen MR) is 71.3 cm³/mol. The van der Waals surface area contributed by atoms with E-state index in [1.165, 1.54) is 10.4 Å². The van der Waals surface area contributed by atoms with E-state index < -0.39 is 0 Å². The lowest BCUT2D eigenvalue weighted by Gasteiger charge is -2.15. The summed E-state index contributed by atoms with van der Waals surface area (Å²) < 4.78 is 0. The minimum atomic E-state index is 0.378. The molecule has 0 aliphatic carbocycles. The number of nitrogens with two attached hydrogens (primary N) is 1. The Morgan fingerprint density at radius 2 is 2.12 bits per heavy atom. The molecule has 0 aliphatic rings. The summed E-state index contributed by atoms with van der Waals surface area (Å²) in [6.07, 6.45) is 0.959. The van der Waals surface area contributed by atoms with E-state index in [4.69, 9.17) is 17.3 Å². The quantitative estimate of drug-likeness (QED) is 0.877. The number of hydrogen-bond donors (Lipinski definition) is 1. The van der Waals surface area contributed by atoms with Crippen molar-refractivity contribution in [2.45, 2.75) is 12.3 Å². The van der Waals surface area contributed by atoms with Crippen LogP contribution in [0.5, 0.6) is 0 Å². The molecule has 1 atom stereocenters. The van der Waals surface area contributed by atoms with Crippen LogP contribution in [0.15, 0.2) is 41.8 Å². The molecule has 84 valence electrons. The van der Waals surface area contributed by atoms with Crippen molar-refractivity contribution in [1.82, 2.24) is 0 Å². The standard InChI is InChI=1S/C13H14ClNS/c14-11-4-1-3-10(9-11)12(6-7-15)13-5-2-8-16-13/h1-5,8-9,12H,6-7,15H2. The third-order valence-corrected chi connectivity index (χ3v) is 3.81. The molecule has 0 radical (unpaired) electrons. The van der Waals surface area contributed by atoms with E-state index in [1.807, 2.05) is 18.2 Å². The molecule has 2 aromatic rings. The molecule has 1 aromatic carbocycles. The maximum atomic E-state index is 6.02. The average molecular weight is 252 g/mol. The molecule has 0 spiro atoms. The highest BCUT2D eigenvalue weighted by Crippen LogP contribution is 2.31. The van der Waals surface area contributed by atoms with Gasteiger partial charge in [0.1, 0.15) is 0 Å². The zero-order chi connectivity index (χ0) is 11.4. The van der Waals surface area contributed by atoms with Gasteiger partial charge in [0.05, 0.1) is 0 Å². The van der Waals surface area contributed by atoms with Crippen molar-refractivity contribution in [2.75, 3.05) is 6.54 Å². The summed E-state index contributed by atoms with van der Waals surface area (Å²) in [7, 11) is 0. The molecule has 0 bridgehead atoms. The van der Waals surface area contributed by atoms with E-state index in [0.717, 1.165) is 11.4 Å². The summed E-state index contributed by atoms with van der Waals surface area (Å²) in [5.74, 6) is 0.378. The number of rotatable bonds is 4. The van der Waals surface area contributed by atoms with Gasteiger partial charge in [-0.05, 0) is 42.1 Å². The topological polar surface area (TPSA) is 26.0 Å². The van der Waals surface area contributed by atoms with Gasteiger partial charge in [-0.25, -0.2) is 0 Å². The van der Waals surface area contributed by atoms with Crippen LogP contribution < -0.4 is 5.73 Å². The molecule has 0 fully saturated rings. The highest BCUT2D eigenvalue weighted by atomic mass is 35.5. The molecule has 1 nitrogen and oxygen atoms in total. The highest BCUT2D eigenvalue weighted by molar-refractivity contribution is 7.10. The Morgan fingerprint density at radius 3 is 2.75 bits per heavy atom. The Balaban J connectivity index is 2.33. The van der Waals surface area contributed by atoms with Gasteiger partial charge in [0.15, 0.2) is 0 Å². The first-order valence-electron chi connectivity index (χ1n) is 5.30. The average Bonchev–Trinajstić information content (AvgIpc) is 2.79. The fourth-order valence-corrected chi connectivity index (χ4v) is 2.94. The Labute approximate surface area is 105 Å². The maximum absolute atomic E-state index is 6.02. The van der Waals surface area contributed by atoms with Gasteiger partial charge in [0, 0.05) is 15.8 Å². The van der Waals surface area contributed by atoms with Gasteiger partial charge in [-0.3, -0.25) is 0 Å². The minimum absolute atomic E-state index is 0.378. The van der Waals surface area contributed by atoms with Crippen molar-refractivity contribution in [1.29, 1.82) is 0 Å². The second-order valence-electron chi connectivity index (χ2n) is 3.70. The van der Waals surface area contributed by atoms with E-state index in [2.05, 4.69) is 23.6 Å². The smallest absolute Gasteiger partial charge is 0.0408 e. The van der Waals surface area contributed by atoms with Gasteiger partial charge in [0.2, 0.25) is 0 Å². The third-order valence-electron chi connectivity index (χ3n) is 2.59. The van der Waals surface area contributed by atoms with Crippen LogP contribution in [0.25, 0.3) is 0 Å². The number of thiophene rings is 1. The van der Waals surface area contributed by atoms with Crippen molar-refractivity contribution >= 4 is 22.9 Å². The fraction of sp³-hybridized carbons (Fsp3) is 0.231. The minimum Gasteiger partial charge on any atom is -0.330 e. The van der Waals surface area contributed by atoms with E-state index in [1.54, 1.807) is 11.3 Å². The Bertz CT molecular complexity index is 439. The van der Waals surface area contributed by atoms with Gasteiger partial charge in [-0.15, -0.1) is 11.3 Å². The van der Waals surface area contributed by atoms with E-state index in [9.17, 15) is 0 Å². The second-order valence-corrected chi connectivity index (χ2v) is 5.12. The van der Waals surface area contributed by atoms with E-state index in [-0.39, 0.29) is 0 Å². The molecule has 0 saturated heterocycles. The Hall–Kier alpha value is -0.830. The molecule has 2 N–H and O–H groups in total. The Morgan fingerprint density at radius 1 is 1.25 bits per heavy atom. The normalized spacial score (nSPS) is 12.6. The fourth-order valence-electron chi connectivity index (χ4n) is 1.85. The Kier molecular flexibility index (Phi) is 3.99. The molecule has 3 heteroatoms. The van der Waals surface area contributed by atoms with Crippen LogP contribution in [0.3, 0.4) is 0 Å². The predicted octanol–water partition coefficient (Wildman–Crippen LogP) is 3.88. The van der Waals surface area contributed by atoms with E-state index in [0.29, 0.717) is 12.5 Å². The highest BCUT2D eigenvalue weighted by Gasteiger charge is 2.14. The number of hydrogen-bond acceptors (Lipinski definition) is 2. The SMILES string of the molecule is NCCC(c1cccc(Cl)c1)c1cccs1. The lowest BCUT2D eigenvalue weighted by molar-refractivity contribution is 0.737. The molecule has 0 aliphatic heterocycles.